The third kappa shape index (κ3) is 4.06. The second-order valence-corrected chi connectivity index (χ2v) is 5.41. The molecule has 18 heavy (non-hydrogen) atoms. The van der Waals surface area contributed by atoms with Crippen molar-refractivity contribution >= 4 is 11.1 Å². The molecule has 0 spiro atoms. The summed E-state index contributed by atoms with van der Waals surface area (Å²) in [6.07, 6.45) is 0. The van der Waals surface area contributed by atoms with Crippen molar-refractivity contribution < 1.29 is 13.9 Å². The van der Waals surface area contributed by atoms with Gasteiger partial charge in [0.05, 0.1) is 0 Å². The Balaban J connectivity index is 1.79. The van der Waals surface area contributed by atoms with Gasteiger partial charge in [-0.05, 0) is 17.7 Å². The van der Waals surface area contributed by atoms with Gasteiger partial charge in [-0.1, -0.05) is 12.1 Å². The maximum atomic E-state index is 10.7. The van der Waals surface area contributed by atoms with Crippen molar-refractivity contribution in [3.05, 3.63) is 29.8 Å². The molecule has 2 rings (SSSR count). The van der Waals surface area contributed by atoms with Crippen LogP contribution in [0.15, 0.2) is 24.3 Å². The fourth-order valence-corrected chi connectivity index (χ4v) is 2.66. The molecule has 0 bridgehead atoms. The summed E-state index contributed by atoms with van der Waals surface area (Å²) in [5.74, 6) is 0.529. The number of hydrogen-bond donors (Lipinski definition) is 2. The van der Waals surface area contributed by atoms with E-state index in [1.165, 1.54) is 5.56 Å². The Kier molecular flexibility index (Phi) is 4.71. The summed E-state index contributed by atoms with van der Waals surface area (Å²) in [5, 5.41) is 9.21. The molecule has 1 heterocycles. The Labute approximate surface area is 109 Å². The highest BCUT2D eigenvalue weighted by atomic mass is 32.2. The van der Waals surface area contributed by atoms with Crippen LogP contribution in [0.2, 0.25) is 0 Å². The molecule has 0 radical (unpaired) electrons. The van der Waals surface area contributed by atoms with Crippen LogP contribution in [0.25, 0.3) is 0 Å². The lowest BCUT2D eigenvalue weighted by Crippen LogP contribution is -2.46. The summed E-state index contributed by atoms with van der Waals surface area (Å²) in [5.41, 5.74) is 1.17. The van der Waals surface area contributed by atoms with E-state index in [1.54, 1.807) is 12.1 Å². The maximum Gasteiger partial charge on any atom is 0.167 e. The number of rotatable bonds is 4. The predicted molar refractivity (Wildman–Crippen MR) is 70.6 cm³/mol. The van der Waals surface area contributed by atoms with Gasteiger partial charge >= 0.3 is 0 Å². The molecule has 1 aliphatic rings. The lowest BCUT2D eigenvalue weighted by atomic mass is 10.2. The number of piperazine rings is 1. The molecule has 5 nitrogen and oxygen atoms in total. The van der Waals surface area contributed by atoms with Crippen LogP contribution in [0.4, 0.5) is 0 Å². The minimum atomic E-state index is -1.74. The first-order valence-electron chi connectivity index (χ1n) is 5.93. The van der Waals surface area contributed by atoms with Crippen LogP contribution in [0.3, 0.4) is 0 Å². The SMILES string of the molecule is O=S(O)CN1CCN(Cc2ccc(O)cc2)CC1. The van der Waals surface area contributed by atoms with Crippen molar-refractivity contribution in [2.75, 3.05) is 32.1 Å². The molecule has 1 unspecified atom stereocenters. The van der Waals surface area contributed by atoms with Gasteiger partial charge in [0.2, 0.25) is 0 Å². The number of nitrogens with zero attached hydrogens (tertiary/aromatic N) is 2. The molecule has 100 valence electrons. The summed E-state index contributed by atoms with van der Waals surface area (Å²) in [4.78, 5) is 4.31. The molecule has 0 saturated carbocycles. The maximum absolute atomic E-state index is 10.7. The number of phenolic OH excluding ortho intramolecular Hbond substituents is 1. The van der Waals surface area contributed by atoms with Crippen LogP contribution >= 0.6 is 0 Å². The van der Waals surface area contributed by atoms with E-state index in [1.807, 2.05) is 17.0 Å². The van der Waals surface area contributed by atoms with E-state index in [0.717, 1.165) is 32.7 Å². The summed E-state index contributed by atoms with van der Waals surface area (Å²) in [7, 11) is 0. The highest BCUT2D eigenvalue weighted by Crippen LogP contribution is 2.13. The second-order valence-electron chi connectivity index (χ2n) is 4.51. The van der Waals surface area contributed by atoms with Gasteiger partial charge < -0.3 is 9.66 Å². The quantitative estimate of drug-likeness (QED) is 0.788. The lowest BCUT2D eigenvalue weighted by molar-refractivity contribution is 0.141. The Hall–Kier alpha value is -0.950. The number of phenols is 1. The van der Waals surface area contributed by atoms with Crippen molar-refractivity contribution in [3.8, 4) is 5.75 Å². The summed E-state index contributed by atoms with van der Waals surface area (Å²) < 4.78 is 19.5. The molecular weight excluding hydrogens is 252 g/mol. The van der Waals surface area contributed by atoms with E-state index in [9.17, 15) is 9.32 Å². The Morgan fingerprint density at radius 1 is 1.06 bits per heavy atom. The molecule has 1 atom stereocenters. The molecule has 1 fully saturated rings. The fraction of sp³-hybridized carbons (Fsp3) is 0.500. The van der Waals surface area contributed by atoms with Crippen LogP contribution in [-0.2, 0) is 17.6 Å². The highest BCUT2D eigenvalue weighted by Gasteiger charge is 2.17. The van der Waals surface area contributed by atoms with E-state index < -0.39 is 11.1 Å². The molecule has 0 amide bonds. The molecule has 0 aromatic heterocycles. The molecule has 1 aliphatic heterocycles. The van der Waals surface area contributed by atoms with Gasteiger partial charge in [-0.2, -0.15) is 0 Å². The van der Waals surface area contributed by atoms with Crippen molar-refractivity contribution in [1.82, 2.24) is 9.80 Å². The third-order valence-electron chi connectivity index (χ3n) is 3.10. The van der Waals surface area contributed by atoms with Crippen LogP contribution in [0.5, 0.6) is 5.75 Å². The van der Waals surface area contributed by atoms with Crippen molar-refractivity contribution in [1.29, 1.82) is 0 Å². The Morgan fingerprint density at radius 2 is 1.61 bits per heavy atom. The third-order valence-corrected chi connectivity index (χ3v) is 3.69. The van der Waals surface area contributed by atoms with Crippen molar-refractivity contribution in [2.45, 2.75) is 6.54 Å². The molecule has 6 heteroatoms. The standard InChI is InChI=1S/C12H18N2O3S/c15-12-3-1-11(2-4-12)9-13-5-7-14(8-6-13)10-18(16)17/h1-4,15H,5-10H2,(H,16,17). The summed E-state index contributed by atoms with van der Waals surface area (Å²) in [6, 6.07) is 7.23. The van der Waals surface area contributed by atoms with E-state index in [0.29, 0.717) is 0 Å². The first kappa shape index (κ1) is 13.5. The predicted octanol–water partition coefficient (Wildman–Crippen LogP) is 0.689. The van der Waals surface area contributed by atoms with E-state index in [4.69, 9.17) is 4.55 Å². The minimum absolute atomic E-state index is 0.243. The Bertz CT molecular complexity index is 402. The smallest absolute Gasteiger partial charge is 0.167 e. The normalized spacial score (nSPS) is 19.8. The van der Waals surface area contributed by atoms with Crippen LogP contribution in [0.1, 0.15) is 5.56 Å². The average molecular weight is 270 g/mol. The molecule has 1 aromatic carbocycles. The van der Waals surface area contributed by atoms with Crippen LogP contribution < -0.4 is 0 Å². The summed E-state index contributed by atoms with van der Waals surface area (Å²) >= 11 is -1.74. The van der Waals surface area contributed by atoms with Gasteiger partial charge in [-0.15, -0.1) is 0 Å². The largest absolute Gasteiger partial charge is 0.508 e. The monoisotopic (exact) mass is 270 g/mol. The molecule has 2 N–H and O–H groups in total. The topological polar surface area (TPSA) is 64.0 Å². The van der Waals surface area contributed by atoms with Gasteiger partial charge in [-0.25, -0.2) is 4.21 Å². The van der Waals surface area contributed by atoms with Crippen molar-refractivity contribution in [3.63, 3.8) is 0 Å². The lowest BCUT2D eigenvalue weighted by Gasteiger charge is -2.33. The number of hydrogen-bond acceptors (Lipinski definition) is 4. The van der Waals surface area contributed by atoms with Crippen LogP contribution in [-0.4, -0.2) is 55.7 Å². The second kappa shape index (κ2) is 6.29. The summed E-state index contributed by atoms with van der Waals surface area (Å²) in [6.45, 7) is 4.31. The molecule has 1 aromatic rings. The molecule has 0 aliphatic carbocycles. The van der Waals surface area contributed by atoms with Crippen molar-refractivity contribution in [2.24, 2.45) is 0 Å². The fourth-order valence-electron chi connectivity index (χ4n) is 2.09. The number of aromatic hydroxyl groups is 1. The number of benzene rings is 1. The van der Waals surface area contributed by atoms with E-state index >= 15 is 0 Å². The zero-order valence-corrected chi connectivity index (χ0v) is 11.0. The average Bonchev–Trinajstić information content (AvgIpc) is 2.34. The minimum Gasteiger partial charge on any atom is -0.508 e. The zero-order valence-electron chi connectivity index (χ0n) is 10.2. The first-order chi connectivity index (χ1) is 8.63. The first-order valence-corrected chi connectivity index (χ1v) is 7.21. The zero-order chi connectivity index (χ0) is 13.0. The van der Waals surface area contributed by atoms with Gasteiger partial charge in [0.25, 0.3) is 0 Å². The Morgan fingerprint density at radius 3 is 2.17 bits per heavy atom. The molecule has 1 saturated heterocycles. The van der Waals surface area contributed by atoms with Gasteiger partial charge in [0, 0.05) is 32.7 Å². The van der Waals surface area contributed by atoms with Gasteiger partial charge in [0.15, 0.2) is 11.1 Å². The highest BCUT2D eigenvalue weighted by molar-refractivity contribution is 7.79. The van der Waals surface area contributed by atoms with Gasteiger partial charge in [-0.3, -0.25) is 9.80 Å². The van der Waals surface area contributed by atoms with Gasteiger partial charge in [0.1, 0.15) is 11.6 Å². The van der Waals surface area contributed by atoms with E-state index in [2.05, 4.69) is 4.90 Å². The molecular formula is C12H18N2O3S. The van der Waals surface area contributed by atoms with E-state index in [-0.39, 0.29) is 11.6 Å². The van der Waals surface area contributed by atoms with Crippen LogP contribution in [0, 0.1) is 0 Å².